The molecule has 0 spiro atoms. The number of hydrogen-bond donors (Lipinski definition) is 1. The number of fused-ring (bicyclic) bond motifs is 1. The summed E-state index contributed by atoms with van der Waals surface area (Å²) >= 11 is 1.35. The lowest BCUT2D eigenvalue weighted by atomic mass is 10.2. The molecule has 1 saturated carbocycles. The van der Waals surface area contributed by atoms with E-state index >= 15 is 0 Å². The molecule has 1 aliphatic carbocycles. The molecule has 6 nitrogen and oxygen atoms in total. The van der Waals surface area contributed by atoms with Crippen LogP contribution in [-0.4, -0.2) is 21.4 Å². The van der Waals surface area contributed by atoms with Crippen LogP contribution in [0.3, 0.4) is 0 Å². The molecule has 7 heteroatoms. The summed E-state index contributed by atoms with van der Waals surface area (Å²) in [6, 6.07) is 7.22. The fourth-order valence-corrected chi connectivity index (χ4v) is 3.67. The molecule has 1 amide bonds. The van der Waals surface area contributed by atoms with E-state index in [1.807, 2.05) is 12.1 Å². The Kier molecular flexibility index (Phi) is 4.23. The van der Waals surface area contributed by atoms with Crippen molar-refractivity contribution in [2.75, 3.05) is 5.32 Å². The highest BCUT2D eigenvalue weighted by atomic mass is 32.1. The Morgan fingerprint density at radius 2 is 2.00 bits per heavy atom. The van der Waals surface area contributed by atoms with Gasteiger partial charge in [-0.2, -0.15) is 0 Å². The smallest absolute Gasteiger partial charge is 0.271 e. The summed E-state index contributed by atoms with van der Waals surface area (Å²) in [4.78, 5) is 29.4. The first kappa shape index (κ1) is 15.8. The van der Waals surface area contributed by atoms with Crippen molar-refractivity contribution in [3.05, 3.63) is 58.0 Å². The van der Waals surface area contributed by atoms with Gasteiger partial charge in [-0.3, -0.25) is 14.0 Å². The zero-order chi connectivity index (χ0) is 17.2. The van der Waals surface area contributed by atoms with Crippen LogP contribution in [-0.2, 0) is 0 Å². The average molecular weight is 355 g/mol. The molecule has 1 fully saturated rings. The second-order valence-electron chi connectivity index (χ2n) is 6.04. The summed E-state index contributed by atoms with van der Waals surface area (Å²) in [6.45, 7) is 0. The maximum Gasteiger partial charge on any atom is 0.271 e. The van der Waals surface area contributed by atoms with Crippen LogP contribution in [0, 0.1) is 0 Å². The molecule has 0 radical (unpaired) electrons. The van der Waals surface area contributed by atoms with Crippen molar-refractivity contribution >= 4 is 27.9 Å². The quantitative estimate of drug-likeness (QED) is 0.779. The lowest BCUT2D eigenvalue weighted by Gasteiger charge is -2.13. The molecule has 0 atom stereocenters. The number of rotatable bonds is 4. The number of carbonyl (C=O) groups excluding carboxylic acids is 1. The fourth-order valence-electron chi connectivity index (χ4n) is 2.99. The molecule has 0 aliphatic heterocycles. The van der Waals surface area contributed by atoms with E-state index in [4.69, 9.17) is 4.74 Å². The maximum atomic E-state index is 12.4. The molecule has 1 aromatic carbocycles. The number of hydrogen-bond acceptors (Lipinski definition) is 5. The fraction of sp³-hybridized carbons (Fsp3) is 0.278. The van der Waals surface area contributed by atoms with Crippen molar-refractivity contribution in [3.63, 3.8) is 0 Å². The summed E-state index contributed by atoms with van der Waals surface area (Å²) in [5, 5.41) is 4.49. The zero-order valence-corrected chi connectivity index (χ0v) is 14.3. The second-order valence-corrected chi connectivity index (χ2v) is 6.91. The van der Waals surface area contributed by atoms with Gasteiger partial charge < -0.3 is 10.1 Å². The molecule has 128 valence electrons. The molecule has 0 saturated heterocycles. The van der Waals surface area contributed by atoms with E-state index in [1.54, 1.807) is 23.7 Å². The highest BCUT2D eigenvalue weighted by Crippen LogP contribution is 2.25. The van der Waals surface area contributed by atoms with E-state index in [1.165, 1.54) is 34.8 Å². The van der Waals surface area contributed by atoms with Crippen LogP contribution >= 0.6 is 11.3 Å². The number of thiazole rings is 1. The minimum absolute atomic E-state index is 0.0159. The van der Waals surface area contributed by atoms with Gasteiger partial charge in [0.1, 0.15) is 11.3 Å². The van der Waals surface area contributed by atoms with Crippen molar-refractivity contribution in [1.29, 1.82) is 0 Å². The van der Waals surface area contributed by atoms with Crippen LogP contribution in [0.5, 0.6) is 5.75 Å². The van der Waals surface area contributed by atoms with Crippen molar-refractivity contribution in [1.82, 2.24) is 9.38 Å². The Morgan fingerprint density at radius 3 is 2.76 bits per heavy atom. The van der Waals surface area contributed by atoms with Gasteiger partial charge in [0.25, 0.3) is 11.5 Å². The standard InChI is InChI=1S/C18H17N3O3S/c22-16(15-11-19-18-21(17(15)23)9-10-25-18)20-12-5-7-14(8-6-12)24-13-3-1-2-4-13/h5-11,13H,1-4H2,(H,20,22). The molecule has 4 rings (SSSR count). The van der Waals surface area contributed by atoms with Crippen molar-refractivity contribution < 1.29 is 9.53 Å². The predicted molar refractivity (Wildman–Crippen MR) is 96.6 cm³/mol. The third-order valence-corrected chi connectivity index (χ3v) is 5.08. The van der Waals surface area contributed by atoms with Gasteiger partial charge in [-0.25, -0.2) is 4.98 Å². The molecule has 25 heavy (non-hydrogen) atoms. The summed E-state index contributed by atoms with van der Waals surface area (Å²) in [6.07, 6.45) is 7.86. The van der Waals surface area contributed by atoms with Crippen molar-refractivity contribution in [2.24, 2.45) is 0 Å². The van der Waals surface area contributed by atoms with E-state index in [9.17, 15) is 9.59 Å². The lowest BCUT2D eigenvalue weighted by molar-refractivity contribution is 0.102. The summed E-state index contributed by atoms with van der Waals surface area (Å²) in [5.74, 6) is 0.328. The zero-order valence-electron chi connectivity index (χ0n) is 13.5. The van der Waals surface area contributed by atoms with E-state index in [-0.39, 0.29) is 11.1 Å². The predicted octanol–water partition coefficient (Wildman–Crippen LogP) is 3.33. The number of aromatic nitrogens is 2. The molecule has 0 bridgehead atoms. The first-order chi connectivity index (χ1) is 12.2. The SMILES string of the molecule is O=C(Nc1ccc(OC2CCCC2)cc1)c1cnc2sccn2c1=O. The Morgan fingerprint density at radius 1 is 1.24 bits per heavy atom. The van der Waals surface area contributed by atoms with E-state index in [2.05, 4.69) is 10.3 Å². The van der Waals surface area contributed by atoms with Crippen molar-refractivity contribution in [3.8, 4) is 5.75 Å². The van der Waals surface area contributed by atoms with Crippen LogP contribution in [0.2, 0.25) is 0 Å². The summed E-state index contributed by atoms with van der Waals surface area (Å²) < 4.78 is 7.28. The first-order valence-electron chi connectivity index (χ1n) is 8.23. The number of nitrogens with one attached hydrogen (secondary N) is 1. The number of nitrogens with zero attached hydrogens (tertiary/aromatic N) is 2. The summed E-state index contributed by atoms with van der Waals surface area (Å²) in [5.41, 5.74) is 0.255. The Bertz CT molecular complexity index is 956. The number of benzene rings is 1. The Hall–Kier alpha value is -2.67. The van der Waals surface area contributed by atoms with Gasteiger partial charge in [0, 0.05) is 23.5 Å². The highest BCUT2D eigenvalue weighted by Gasteiger charge is 2.17. The molecule has 3 aromatic rings. The van der Waals surface area contributed by atoms with Gasteiger partial charge in [-0.05, 0) is 49.9 Å². The molecular weight excluding hydrogens is 338 g/mol. The molecular formula is C18H17N3O3S. The maximum absolute atomic E-state index is 12.4. The van der Waals surface area contributed by atoms with Crippen LogP contribution in [0.25, 0.3) is 4.96 Å². The van der Waals surface area contributed by atoms with Crippen LogP contribution in [0.1, 0.15) is 36.0 Å². The second kappa shape index (κ2) is 6.68. The van der Waals surface area contributed by atoms with Gasteiger partial charge in [0.2, 0.25) is 0 Å². The number of amides is 1. The largest absolute Gasteiger partial charge is 0.490 e. The minimum atomic E-state index is -0.470. The van der Waals surface area contributed by atoms with Gasteiger partial charge in [-0.1, -0.05) is 0 Å². The number of carbonyl (C=O) groups is 1. The third-order valence-electron chi connectivity index (χ3n) is 4.30. The Labute approximate surface area is 148 Å². The van der Waals surface area contributed by atoms with Crippen LogP contribution in [0.4, 0.5) is 5.69 Å². The highest BCUT2D eigenvalue weighted by molar-refractivity contribution is 7.15. The van der Waals surface area contributed by atoms with Gasteiger partial charge in [0.05, 0.1) is 6.10 Å². The van der Waals surface area contributed by atoms with Crippen LogP contribution in [0.15, 0.2) is 46.8 Å². The van der Waals surface area contributed by atoms with E-state index in [0.717, 1.165) is 18.6 Å². The molecule has 1 aliphatic rings. The monoisotopic (exact) mass is 355 g/mol. The topological polar surface area (TPSA) is 72.7 Å². The van der Waals surface area contributed by atoms with Crippen LogP contribution < -0.4 is 15.6 Å². The van der Waals surface area contributed by atoms with Crippen molar-refractivity contribution in [2.45, 2.75) is 31.8 Å². The van der Waals surface area contributed by atoms with Gasteiger partial charge >= 0.3 is 0 Å². The lowest BCUT2D eigenvalue weighted by Crippen LogP contribution is -2.25. The molecule has 2 heterocycles. The molecule has 2 aromatic heterocycles. The number of anilines is 1. The van der Waals surface area contributed by atoms with Gasteiger partial charge in [0.15, 0.2) is 4.96 Å². The minimum Gasteiger partial charge on any atom is -0.490 e. The average Bonchev–Trinajstić information content (AvgIpc) is 3.28. The first-order valence-corrected chi connectivity index (χ1v) is 9.11. The molecule has 1 N–H and O–H groups in total. The summed E-state index contributed by atoms with van der Waals surface area (Å²) in [7, 11) is 0. The number of ether oxygens (including phenoxy) is 1. The van der Waals surface area contributed by atoms with E-state index < -0.39 is 5.91 Å². The Balaban J connectivity index is 1.48. The van der Waals surface area contributed by atoms with E-state index in [0.29, 0.717) is 16.8 Å². The normalized spacial score (nSPS) is 14.7. The molecule has 0 unspecified atom stereocenters. The third kappa shape index (κ3) is 3.28. The van der Waals surface area contributed by atoms with Gasteiger partial charge in [-0.15, -0.1) is 11.3 Å².